The molecule has 2 rings (SSSR count). The third-order valence-corrected chi connectivity index (χ3v) is 4.24. The maximum atomic E-state index is 12.6. The SMILES string of the molecule is C=C(COS(C)(=O)=O)CN(C)C(=O)c1n[nH]c2c1CN(C(=O)O)CC2. The van der Waals surface area contributed by atoms with Gasteiger partial charge in [-0.25, -0.2) is 4.79 Å². The van der Waals surface area contributed by atoms with Gasteiger partial charge in [0.1, 0.15) is 0 Å². The lowest BCUT2D eigenvalue weighted by Gasteiger charge is -2.25. The predicted octanol–water partition coefficient (Wildman–Crippen LogP) is 0.0502. The molecule has 0 atom stereocenters. The van der Waals surface area contributed by atoms with Crippen LogP contribution in [-0.4, -0.2) is 78.5 Å². The zero-order chi connectivity index (χ0) is 18.8. The predicted molar refractivity (Wildman–Crippen MR) is 87.6 cm³/mol. The number of rotatable bonds is 6. The molecule has 1 aromatic rings. The lowest BCUT2D eigenvalue weighted by molar-refractivity contribution is 0.0795. The molecule has 0 fully saturated rings. The van der Waals surface area contributed by atoms with Crippen molar-refractivity contribution in [3.05, 3.63) is 29.1 Å². The van der Waals surface area contributed by atoms with Gasteiger partial charge >= 0.3 is 6.09 Å². The summed E-state index contributed by atoms with van der Waals surface area (Å²) in [6, 6.07) is 0. The summed E-state index contributed by atoms with van der Waals surface area (Å²) in [5, 5.41) is 15.9. The van der Waals surface area contributed by atoms with E-state index in [1.807, 2.05) is 0 Å². The Morgan fingerprint density at radius 1 is 1.48 bits per heavy atom. The Kier molecular flexibility index (Phi) is 5.48. The second-order valence-electron chi connectivity index (χ2n) is 5.86. The molecule has 0 saturated heterocycles. The molecule has 2 N–H and O–H groups in total. The quantitative estimate of drug-likeness (QED) is 0.532. The van der Waals surface area contributed by atoms with E-state index in [0.29, 0.717) is 24.1 Å². The lowest BCUT2D eigenvalue weighted by atomic mass is 10.1. The molecule has 0 radical (unpaired) electrons. The number of carbonyl (C=O) groups is 2. The Balaban J connectivity index is 2.05. The molecule has 2 amide bonds. The molecular formula is C14H20N4O6S. The Labute approximate surface area is 145 Å². The Morgan fingerprint density at radius 2 is 2.16 bits per heavy atom. The number of nitrogens with one attached hydrogen (secondary N) is 1. The van der Waals surface area contributed by atoms with Crippen LogP contribution in [0.1, 0.15) is 21.7 Å². The van der Waals surface area contributed by atoms with Gasteiger partial charge in [0.05, 0.1) is 19.4 Å². The largest absolute Gasteiger partial charge is 0.465 e. The number of H-pyrrole nitrogens is 1. The summed E-state index contributed by atoms with van der Waals surface area (Å²) >= 11 is 0. The van der Waals surface area contributed by atoms with E-state index in [4.69, 9.17) is 5.11 Å². The molecule has 1 aliphatic rings. The van der Waals surface area contributed by atoms with Gasteiger partial charge in [-0.3, -0.25) is 14.1 Å². The number of amides is 2. The molecule has 0 unspecified atom stereocenters. The van der Waals surface area contributed by atoms with Crippen LogP contribution in [0.25, 0.3) is 0 Å². The van der Waals surface area contributed by atoms with Crippen LogP contribution >= 0.6 is 0 Å². The van der Waals surface area contributed by atoms with Crippen LogP contribution in [0.3, 0.4) is 0 Å². The third-order valence-electron chi connectivity index (χ3n) is 3.69. The highest BCUT2D eigenvalue weighted by atomic mass is 32.2. The van der Waals surface area contributed by atoms with Crippen LogP contribution in [0, 0.1) is 0 Å². The molecule has 0 saturated carbocycles. The van der Waals surface area contributed by atoms with Crippen molar-refractivity contribution in [2.24, 2.45) is 0 Å². The molecular weight excluding hydrogens is 352 g/mol. The highest BCUT2D eigenvalue weighted by Gasteiger charge is 2.29. The van der Waals surface area contributed by atoms with Crippen molar-refractivity contribution in [2.45, 2.75) is 13.0 Å². The van der Waals surface area contributed by atoms with E-state index in [-0.39, 0.29) is 25.4 Å². The number of aromatic amines is 1. The van der Waals surface area contributed by atoms with Crippen LogP contribution in [0.5, 0.6) is 0 Å². The normalized spacial score (nSPS) is 14.1. The Bertz CT molecular complexity index is 800. The summed E-state index contributed by atoms with van der Waals surface area (Å²) in [6.07, 6.45) is 0.338. The molecule has 138 valence electrons. The van der Waals surface area contributed by atoms with Gasteiger partial charge in [0.2, 0.25) is 0 Å². The summed E-state index contributed by atoms with van der Waals surface area (Å²) in [5.74, 6) is -0.412. The van der Waals surface area contributed by atoms with E-state index in [1.165, 1.54) is 16.8 Å². The van der Waals surface area contributed by atoms with E-state index < -0.39 is 22.1 Å². The first-order valence-corrected chi connectivity index (χ1v) is 9.20. The highest BCUT2D eigenvalue weighted by molar-refractivity contribution is 7.85. The monoisotopic (exact) mass is 372 g/mol. The molecule has 1 aliphatic heterocycles. The van der Waals surface area contributed by atoms with Gasteiger partial charge in [0, 0.05) is 37.8 Å². The van der Waals surface area contributed by atoms with E-state index >= 15 is 0 Å². The van der Waals surface area contributed by atoms with Crippen LogP contribution in [0.2, 0.25) is 0 Å². The van der Waals surface area contributed by atoms with Crippen LogP contribution in [0.15, 0.2) is 12.2 Å². The van der Waals surface area contributed by atoms with Crippen molar-refractivity contribution in [2.75, 3.05) is 33.0 Å². The maximum absolute atomic E-state index is 12.6. The molecule has 0 spiro atoms. The minimum Gasteiger partial charge on any atom is -0.465 e. The first kappa shape index (κ1) is 18.9. The molecule has 25 heavy (non-hydrogen) atoms. The topological polar surface area (TPSA) is 133 Å². The number of nitrogens with zero attached hydrogens (tertiary/aromatic N) is 3. The average Bonchev–Trinajstić information content (AvgIpc) is 2.94. The average molecular weight is 372 g/mol. The number of likely N-dealkylation sites (N-methyl/N-ethyl adjacent to an activating group) is 1. The number of aromatic nitrogens is 2. The van der Waals surface area contributed by atoms with Crippen LogP contribution < -0.4 is 0 Å². The van der Waals surface area contributed by atoms with Gasteiger partial charge in [-0.05, 0) is 5.57 Å². The smallest absolute Gasteiger partial charge is 0.407 e. The van der Waals surface area contributed by atoms with Gasteiger partial charge in [0.15, 0.2) is 5.69 Å². The number of hydrogen-bond donors (Lipinski definition) is 2. The summed E-state index contributed by atoms with van der Waals surface area (Å²) in [5.41, 5.74) is 1.86. The van der Waals surface area contributed by atoms with Gasteiger partial charge in [0.25, 0.3) is 16.0 Å². The minimum absolute atomic E-state index is 0.0820. The van der Waals surface area contributed by atoms with Crippen molar-refractivity contribution in [3.8, 4) is 0 Å². The van der Waals surface area contributed by atoms with E-state index in [0.717, 1.165) is 11.9 Å². The van der Waals surface area contributed by atoms with E-state index in [1.54, 1.807) is 0 Å². The first-order chi connectivity index (χ1) is 11.6. The number of hydrogen-bond acceptors (Lipinski definition) is 6. The summed E-state index contributed by atoms with van der Waals surface area (Å²) in [6.45, 7) is 3.98. The standard InChI is InChI=1S/C14H20N4O6S/c1-9(8-24-25(3,22)23)6-17(2)13(19)12-10-7-18(14(20)21)5-4-11(10)15-16-12/h1,4-8H2,2-3H3,(H,15,16)(H,20,21). The second kappa shape index (κ2) is 7.23. The van der Waals surface area contributed by atoms with Crippen molar-refractivity contribution in [1.29, 1.82) is 0 Å². The Morgan fingerprint density at radius 3 is 2.76 bits per heavy atom. The second-order valence-corrected chi connectivity index (χ2v) is 7.50. The van der Waals surface area contributed by atoms with Crippen molar-refractivity contribution in [3.63, 3.8) is 0 Å². The number of carboxylic acid groups (broad SMARTS) is 1. The fourth-order valence-corrected chi connectivity index (χ4v) is 2.84. The van der Waals surface area contributed by atoms with Gasteiger partial charge in [-0.2, -0.15) is 13.5 Å². The van der Waals surface area contributed by atoms with Gasteiger partial charge in [-0.1, -0.05) is 6.58 Å². The molecule has 0 aliphatic carbocycles. The van der Waals surface area contributed by atoms with Crippen LogP contribution in [-0.2, 0) is 27.3 Å². The fraction of sp³-hybridized carbons (Fsp3) is 0.500. The molecule has 2 heterocycles. The summed E-state index contributed by atoms with van der Waals surface area (Å²) in [4.78, 5) is 26.2. The Hall–Kier alpha value is -2.40. The van der Waals surface area contributed by atoms with Gasteiger partial charge < -0.3 is 14.9 Å². The van der Waals surface area contributed by atoms with Crippen molar-refractivity contribution >= 4 is 22.1 Å². The highest BCUT2D eigenvalue weighted by Crippen LogP contribution is 2.21. The number of fused-ring (bicyclic) bond motifs is 1. The molecule has 1 aromatic heterocycles. The molecule has 0 aromatic carbocycles. The van der Waals surface area contributed by atoms with Crippen molar-refractivity contribution < 1.29 is 27.3 Å². The van der Waals surface area contributed by atoms with Gasteiger partial charge in [-0.15, -0.1) is 0 Å². The fourth-order valence-electron chi connectivity index (χ4n) is 2.46. The number of carbonyl (C=O) groups excluding carboxylic acids is 1. The summed E-state index contributed by atoms with van der Waals surface area (Å²) in [7, 11) is -2.07. The molecule has 0 bridgehead atoms. The van der Waals surface area contributed by atoms with Crippen molar-refractivity contribution in [1.82, 2.24) is 20.0 Å². The molecule has 10 nitrogen and oxygen atoms in total. The zero-order valence-corrected chi connectivity index (χ0v) is 14.8. The molecule has 11 heteroatoms. The van der Waals surface area contributed by atoms with E-state index in [2.05, 4.69) is 21.0 Å². The summed E-state index contributed by atoms with van der Waals surface area (Å²) < 4.78 is 26.6. The maximum Gasteiger partial charge on any atom is 0.407 e. The van der Waals surface area contributed by atoms with E-state index in [9.17, 15) is 18.0 Å². The van der Waals surface area contributed by atoms with Crippen LogP contribution in [0.4, 0.5) is 4.79 Å². The third kappa shape index (κ3) is 4.79. The zero-order valence-electron chi connectivity index (χ0n) is 14.0. The first-order valence-electron chi connectivity index (χ1n) is 7.39. The lowest BCUT2D eigenvalue weighted by Crippen LogP contribution is -2.36. The minimum atomic E-state index is -3.59.